The van der Waals surface area contributed by atoms with Crippen LogP contribution in [0.3, 0.4) is 0 Å². The van der Waals surface area contributed by atoms with Crippen LogP contribution >= 0.6 is 0 Å². The van der Waals surface area contributed by atoms with Gasteiger partial charge in [-0.25, -0.2) is 0 Å². The molecule has 2 aromatic rings. The summed E-state index contributed by atoms with van der Waals surface area (Å²) >= 11 is 0. The molecule has 110 valence electrons. The third-order valence-electron chi connectivity index (χ3n) is 5.09. The van der Waals surface area contributed by atoms with Gasteiger partial charge in [0.05, 0.1) is 0 Å². The third-order valence-corrected chi connectivity index (χ3v) is 5.09. The Bertz CT molecular complexity index is 554. The van der Waals surface area contributed by atoms with Gasteiger partial charge in [-0.05, 0) is 53.4 Å². The van der Waals surface area contributed by atoms with Crippen LogP contribution < -0.4 is 0 Å². The van der Waals surface area contributed by atoms with Crippen molar-refractivity contribution in [3.8, 4) is 11.1 Å². The van der Waals surface area contributed by atoms with Gasteiger partial charge in [-0.1, -0.05) is 75.2 Å². The molecule has 2 aromatic carbocycles. The largest absolute Gasteiger partial charge is 0.0625 e. The molecule has 0 amide bonds. The first kappa shape index (κ1) is 14.4. The van der Waals surface area contributed by atoms with Crippen molar-refractivity contribution in [1.82, 2.24) is 0 Å². The molecule has 0 atom stereocenters. The van der Waals surface area contributed by atoms with E-state index in [2.05, 4.69) is 62.4 Å². The molecule has 0 spiro atoms. The standard InChI is InChI=1S/C21H26/c1-3-17-6-10-19(11-7-17)21-14-12-20(13-15-21)18-8-4-16(2)5-9-18/h6-7,10-16,18H,3-5,8-9H2,1-2H3. The summed E-state index contributed by atoms with van der Waals surface area (Å²) in [6, 6.07) is 18.3. The van der Waals surface area contributed by atoms with Crippen LogP contribution in [-0.4, -0.2) is 0 Å². The predicted molar refractivity (Wildman–Crippen MR) is 91.6 cm³/mol. The van der Waals surface area contributed by atoms with Gasteiger partial charge in [-0.2, -0.15) is 0 Å². The van der Waals surface area contributed by atoms with Crippen molar-refractivity contribution < 1.29 is 0 Å². The Morgan fingerprint density at radius 3 is 1.81 bits per heavy atom. The second-order valence-electron chi connectivity index (χ2n) is 6.63. The van der Waals surface area contributed by atoms with Crippen LogP contribution in [0.25, 0.3) is 11.1 Å². The topological polar surface area (TPSA) is 0 Å². The molecule has 0 unspecified atom stereocenters. The van der Waals surface area contributed by atoms with E-state index >= 15 is 0 Å². The Morgan fingerprint density at radius 2 is 1.29 bits per heavy atom. The molecule has 0 N–H and O–H groups in total. The van der Waals surface area contributed by atoms with Crippen LogP contribution in [-0.2, 0) is 6.42 Å². The lowest BCUT2D eigenvalue weighted by Gasteiger charge is -2.26. The highest BCUT2D eigenvalue weighted by atomic mass is 14.2. The summed E-state index contributed by atoms with van der Waals surface area (Å²) in [6.45, 7) is 4.59. The fourth-order valence-corrected chi connectivity index (χ4v) is 3.47. The molecule has 3 rings (SSSR count). The first-order valence-electron chi connectivity index (χ1n) is 8.45. The van der Waals surface area contributed by atoms with E-state index < -0.39 is 0 Å². The van der Waals surface area contributed by atoms with Gasteiger partial charge in [0.15, 0.2) is 0 Å². The molecule has 0 aliphatic heterocycles. The van der Waals surface area contributed by atoms with Gasteiger partial charge >= 0.3 is 0 Å². The molecule has 1 fully saturated rings. The molecule has 0 aromatic heterocycles. The Kier molecular flexibility index (Phi) is 4.43. The van der Waals surface area contributed by atoms with Crippen molar-refractivity contribution >= 4 is 0 Å². The van der Waals surface area contributed by atoms with Crippen molar-refractivity contribution in [2.24, 2.45) is 5.92 Å². The maximum atomic E-state index is 2.39. The summed E-state index contributed by atoms with van der Waals surface area (Å²) in [5, 5.41) is 0. The summed E-state index contributed by atoms with van der Waals surface area (Å²) in [7, 11) is 0. The first-order valence-corrected chi connectivity index (χ1v) is 8.45. The van der Waals surface area contributed by atoms with Gasteiger partial charge in [-0.3, -0.25) is 0 Å². The van der Waals surface area contributed by atoms with E-state index in [-0.39, 0.29) is 0 Å². The van der Waals surface area contributed by atoms with Gasteiger partial charge in [0.2, 0.25) is 0 Å². The van der Waals surface area contributed by atoms with Crippen LogP contribution in [0.2, 0.25) is 0 Å². The molecule has 1 saturated carbocycles. The van der Waals surface area contributed by atoms with Gasteiger partial charge in [0.1, 0.15) is 0 Å². The minimum absolute atomic E-state index is 0.790. The zero-order valence-corrected chi connectivity index (χ0v) is 13.3. The van der Waals surface area contributed by atoms with Gasteiger partial charge in [-0.15, -0.1) is 0 Å². The summed E-state index contributed by atoms with van der Waals surface area (Å²) in [4.78, 5) is 0. The number of benzene rings is 2. The quantitative estimate of drug-likeness (QED) is 0.626. The van der Waals surface area contributed by atoms with E-state index in [1.165, 1.54) is 47.9 Å². The Balaban J connectivity index is 1.74. The molecular weight excluding hydrogens is 252 g/mol. The van der Waals surface area contributed by atoms with Crippen LogP contribution in [0, 0.1) is 5.92 Å². The number of hydrogen-bond donors (Lipinski definition) is 0. The lowest BCUT2D eigenvalue weighted by atomic mass is 9.79. The van der Waals surface area contributed by atoms with Gasteiger partial charge in [0, 0.05) is 0 Å². The summed E-state index contributed by atoms with van der Waals surface area (Å²) in [5.41, 5.74) is 5.61. The molecule has 0 nitrogen and oxygen atoms in total. The van der Waals surface area contributed by atoms with Crippen molar-refractivity contribution in [2.45, 2.75) is 51.9 Å². The average molecular weight is 278 g/mol. The van der Waals surface area contributed by atoms with Crippen molar-refractivity contribution in [2.75, 3.05) is 0 Å². The minimum atomic E-state index is 0.790. The lowest BCUT2D eigenvalue weighted by molar-refractivity contribution is 0.348. The second kappa shape index (κ2) is 6.47. The monoisotopic (exact) mass is 278 g/mol. The number of rotatable bonds is 3. The summed E-state index contributed by atoms with van der Waals surface area (Å²) in [6.07, 6.45) is 6.63. The van der Waals surface area contributed by atoms with Crippen LogP contribution in [0.1, 0.15) is 56.6 Å². The highest BCUT2D eigenvalue weighted by Gasteiger charge is 2.19. The highest BCUT2D eigenvalue weighted by molar-refractivity contribution is 5.64. The van der Waals surface area contributed by atoms with E-state index in [0.29, 0.717) is 0 Å². The van der Waals surface area contributed by atoms with E-state index in [1.54, 1.807) is 0 Å². The maximum Gasteiger partial charge on any atom is -0.0162 e. The maximum absolute atomic E-state index is 2.39. The van der Waals surface area contributed by atoms with Gasteiger partial charge in [0.25, 0.3) is 0 Å². The summed E-state index contributed by atoms with van der Waals surface area (Å²) in [5.74, 6) is 1.72. The van der Waals surface area contributed by atoms with Crippen molar-refractivity contribution in [3.05, 3.63) is 59.7 Å². The van der Waals surface area contributed by atoms with Gasteiger partial charge < -0.3 is 0 Å². The average Bonchev–Trinajstić information content (AvgIpc) is 2.56. The summed E-state index contributed by atoms with van der Waals surface area (Å²) < 4.78 is 0. The third kappa shape index (κ3) is 3.37. The number of aryl methyl sites for hydroxylation is 1. The van der Waals surface area contributed by atoms with E-state index in [4.69, 9.17) is 0 Å². The lowest BCUT2D eigenvalue weighted by Crippen LogP contribution is -2.10. The molecule has 1 aliphatic rings. The molecule has 0 bridgehead atoms. The zero-order chi connectivity index (χ0) is 14.7. The van der Waals surface area contributed by atoms with Crippen LogP contribution in [0.15, 0.2) is 48.5 Å². The Morgan fingerprint density at radius 1 is 0.762 bits per heavy atom. The highest BCUT2D eigenvalue weighted by Crippen LogP contribution is 2.36. The molecule has 21 heavy (non-hydrogen) atoms. The fourth-order valence-electron chi connectivity index (χ4n) is 3.47. The molecular formula is C21H26. The zero-order valence-electron chi connectivity index (χ0n) is 13.3. The normalized spacial score (nSPS) is 22.2. The van der Waals surface area contributed by atoms with Crippen LogP contribution in [0.4, 0.5) is 0 Å². The van der Waals surface area contributed by atoms with Crippen molar-refractivity contribution in [3.63, 3.8) is 0 Å². The molecule has 0 radical (unpaired) electrons. The van der Waals surface area contributed by atoms with Crippen LogP contribution in [0.5, 0.6) is 0 Å². The molecule has 1 aliphatic carbocycles. The van der Waals surface area contributed by atoms with E-state index in [1.807, 2.05) is 0 Å². The number of hydrogen-bond acceptors (Lipinski definition) is 0. The Labute approximate surface area is 129 Å². The molecule has 0 heteroatoms. The fraction of sp³-hybridized carbons (Fsp3) is 0.429. The SMILES string of the molecule is CCc1ccc(-c2ccc(C3CCC(C)CC3)cc2)cc1. The first-order chi connectivity index (χ1) is 10.3. The molecule has 0 saturated heterocycles. The van der Waals surface area contributed by atoms with E-state index in [9.17, 15) is 0 Å². The minimum Gasteiger partial charge on any atom is -0.0625 e. The smallest absolute Gasteiger partial charge is 0.0162 e. The van der Waals surface area contributed by atoms with Crippen molar-refractivity contribution in [1.29, 1.82) is 0 Å². The Hall–Kier alpha value is -1.56. The van der Waals surface area contributed by atoms with E-state index in [0.717, 1.165) is 18.3 Å². The second-order valence-corrected chi connectivity index (χ2v) is 6.63. The molecule has 0 heterocycles. The predicted octanol–water partition coefficient (Wildman–Crippen LogP) is 6.21.